The van der Waals surface area contributed by atoms with Gasteiger partial charge in [-0.15, -0.1) is 0 Å². The van der Waals surface area contributed by atoms with Crippen LogP contribution in [0.25, 0.3) is 0 Å². The van der Waals surface area contributed by atoms with Crippen molar-refractivity contribution in [2.75, 3.05) is 5.32 Å². The number of hydrogen-bond donors (Lipinski definition) is 1. The van der Waals surface area contributed by atoms with E-state index in [0.29, 0.717) is 17.9 Å². The highest BCUT2D eigenvalue weighted by atomic mass is 79.9. The Bertz CT molecular complexity index is 757. The Balaban J connectivity index is 1.65. The van der Waals surface area contributed by atoms with Crippen molar-refractivity contribution in [2.24, 2.45) is 17.8 Å². The van der Waals surface area contributed by atoms with Crippen LogP contribution in [0, 0.1) is 17.8 Å². The third-order valence-electron chi connectivity index (χ3n) is 6.29. The summed E-state index contributed by atoms with van der Waals surface area (Å²) in [7, 11) is 0. The summed E-state index contributed by atoms with van der Waals surface area (Å²) in [6, 6.07) is 15.6. The fourth-order valence-corrected chi connectivity index (χ4v) is 6.05. The molecule has 5 rings (SSSR count). The molecule has 2 fully saturated rings. The highest BCUT2D eigenvalue weighted by Gasteiger charge is 2.54. The molecule has 2 aromatic rings. The van der Waals surface area contributed by atoms with Gasteiger partial charge in [0.25, 0.3) is 0 Å². The minimum atomic E-state index is 0.411. The highest BCUT2D eigenvalue weighted by molar-refractivity contribution is 9.10. The van der Waals surface area contributed by atoms with Crippen molar-refractivity contribution in [1.29, 1.82) is 0 Å². The van der Waals surface area contributed by atoms with Crippen molar-refractivity contribution in [1.82, 2.24) is 0 Å². The van der Waals surface area contributed by atoms with E-state index >= 15 is 0 Å². The van der Waals surface area contributed by atoms with Crippen LogP contribution in [0.1, 0.15) is 42.3 Å². The van der Waals surface area contributed by atoms with E-state index in [0.717, 1.165) is 21.3 Å². The Labute approximate surface area is 150 Å². The maximum Gasteiger partial charge on any atom is 0.0550 e. The number of anilines is 1. The second-order valence-corrected chi connectivity index (χ2v) is 8.63. The SMILES string of the molecule is Clc1cccc2c1[C@H]1[C@@H]3CC[C@@H](C3)[C@H]1[C@@H](c1ccc(Br)cc1)N2. The van der Waals surface area contributed by atoms with Gasteiger partial charge in [0.1, 0.15) is 0 Å². The van der Waals surface area contributed by atoms with Crippen LogP contribution in [0.4, 0.5) is 5.69 Å². The molecule has 0 spiro atoms. The van der Waals surface area contributed by atoms with Crippen LogP contribution in [-0.4, -0.2) is 0 Å². The normalized spacial score (nSPS) is 33.9. The van der Waals surface area contributed by atoms with Gasteiger partial charge in [0.05, 0.1) is 6.04 Å². The summed E-state index contributed by atoms with van der Waals surface area (Å²) in [5, 5.41) is 4.78. The molecule has 1 heterocycles. The van der Waals surface area contributed by atoms with Gasteiger partial charge in [-0.3, -0.25) is 0 Å². The van der Waals surface area contributed by atoms with E-state index < -0.39 is 0 Å². The molecule has 1 nitrogen and oxygen atoms in total. The minimum absolute atomic E-state index is 0.411. The van der Waals surface area contributed by atoms with Gasteiger partial charge in [0.15, 0.2) is 0 Å². The predicted molar refractivity (Wildman–Crippen MR) is 99.0 cm³/mol. The average Bonchev–Trinajstić information content (AvgIpc) is 3.17. The highest BCUT2D eigenvalue weighted by Crippen LogP contribution is 2.64. The topological polar surface area (TPSA) is 12.0 Å². The molecule has 1 N–H and O–H groups in total. The number of halogens is 2. The molecule has 2 bridgehead atoms. The van der Waals surface area contributed by atoms with Crippen LogP contribution in [0.3, 0.4) is 0 Å². The minimum Gasteiger partial charge on any atom is -0.378 e. The van der Waals surface area contributed by atoms with Gasteiger partial charge in [0, 0.05) is 15.2 Å². The Morgan fingerprint density at radius 2 is 1.78 bits per heavy atom. The summed E-state index contributed by atoms with van der Waals surface area (Å²) in [6.45, 7) is 0. The van der Waals surface area contributed by atoms with Crippen molar-refractivity contribution in [3.8, 4) is 0 Å². The maximum atomic E-state index is 6.61. The van der Waals surface area contributed by atoms with Crippen molar-refractivity contribution in [3.05, 3.63) is 63.1 Å². The van der Waals surface area contributed by atoms with Gasteiger partial charge in [-0.05, 0) is 78.3 Å². The van der Waals surface area contributed by atoms with Crippen molar-refractivity contribution in [2.45, 2.75) is 31.2 Å². The van der Waals surface area contributed by atoms with Crippen molar-refractivity contribution < 1.29 is 0 Å². The molecular weight excluding hydrogens is 370 g/mol. The summed E-state index contributed by atoms with van der Waals surface area (Å²) in [5.74, 6) is 2.98. The first-order valence-corrected chi connectivity index (χ1v) is 9.70. The van der Waals surface area contributed by atoms with E-state index in [1.807, 2.05) is 0 Å². The molecule has 3 heteroatoms. The molecule has 1 aliphatic heterocycles. The van der Waals surface area contributed by atoms with Crippen LogP contribution in [-0.2, 0) is 0 Å². The summed E-state index contributed by atoms with van der Waals surface area (Å²) in [4.78, 5) is 0. The number of hydrogen-bond acceptors (Lipinski definition) is 1. The van der Waals surface area contributed by atoms with Crippen LogP contribution in [0.2, 0.25) is 5.02 Å². The Hall–Kier alpha value is -0.990. The number of fused-ring (bicyclic) bond motifs is 7. The zero-order valence-electron chi connectivity index (χ0n) is 12.8. The summed E-state index contributed by atoms with van der Waals surface area (Å²) < 4.78 is 1.14. The molecule has 2 aromatic carbocycles. The van der Waals surface area contributed by atoms with Crippen LogP contribution in [0.5, 0.6) is 0 Å². The Morgan fingerprint density at radius 1 is 1.00 bits per heavy atom. The number of nitrogens with one attached hydrogen (secondary N) is 1. The first-order valence-electron chi connectivity index (χ1n) is 8.53. The molecule has 3 aliphatic rings. The fourth-order valence-electron chi connectivity index (χ4n) is 5.48. The van der Waals surface area contributed by atoms with Gasteiger partial charge in [-0.1, -0.05) is 45.7 Å². The second-order valence-electron chi connectivity index (χ2n) is 7.31. The van der Waals surface area contributed by atoms with E-state index in [9.17, 15) is 0 Å². The standard InChI is InChI=1S/C20H19BrClN/c21-14-8-6-11(7-9-14)20-18-13-5-4-12(10-13)17(18)19-15(22)2-1-3-16(19)23-20/h1-3,6-9,12-13,17-18,20,23H,4-5,10H2/t12-,13+,17+,18-,20-/m1/s1. The lowest BCUT2D eigenvalue weighted by Gasteiger charge is -2.44. The monoisotopic (exact) mass is 387 g/mol. The lowest BCUT2D eigenvalue weighted by molar-refractivity contribution is 0.247. The van der Waals surface area contributed by atoms with Gasteiger partial charge in [0.2, 0.25) is 0 Å². The van der Waals surface area contributed by atoms with Crippen molar-refractivity contribution >= 4 is 33.2 Å². The molecule has 5 atom stereocenters. The largest absolute Gasteiger partial charge is 0.378 e. The molecule has 2 saturated carbocycles. The maximum absolute atomic E-state index is 6.61. The Kier molecular flexibility index (Phi) is 3.28. The van der Waals surface area contributed by atoms with E-state index in [-0.39, 0.29) is 0 Å². The lowest BCUT2D eigenvalue weighted by atomic mass is 9.68. The van der Waals surface area contributed by atoms with E-state index in [2.05, 4.69) is 63.7 Å². The molecule has 0 radical (unpaired) electrons. The first-order chi connectivity index (χ1) is 11.2. The van der Waals surface area contributed by atoms with Crippen LogP contribution in [0.15, 0.2) is 46.9 Å². The summed E-state index contributed by atoms with van der Waals surface area (Å²) in [5.41, 5.74) is 4.04. The molecule has 118 valence electrons. The second kappa shape index (κ2) is 5.26. The zero-order chi connectivity index (χ0) is 15.6. The third-order valence-corrected chi connectivity index (χ3v) is 7.15. The molecule has 0 amide bonds. The van der Waals surface area contributed by atoms with Gasteiger partial charge >= 0.3 is 0 Å². The Morgan fingerprint density at radius 3 is 2.61 bits per heavy atom. The van der Waals surface area contributed by atoms with Gasteiger partial charge in [-0.2, -0.15) is 0 Å². The summed E-state index contributed by atoms with van der Waals surface area (Å²) in [6.07, 6.45) is 4.15. The van der Waals surface area contributed by atoms with E-state index in [1.54, 1.807) is 0 Å². The molecule has 2 aliphatic carbocycles. The van der Waals surface area contributed by atoms with Crippen LogP contribution < -0.4 is 5.32 Å². The quantitative estimate of drug-likeness (QED) is 0.596. The summed E-state index contributed by atoms with van der Waals surface area (Å²) >= 11 is 10.2. The number of rotatable bonds is 1. The lowest BCUT2D eigenvalue weighted by Crippen LogP contribution is -2.35. The van der Waals surface area contributed by atoms with Crippen molar-refractivity contribution in [3.63, 3.8) is 0 Å². The molecule has 0 aromatic heterocycles. The zero-order valence-corrected chi connectivity index (χ0v) is 15.1. The van der Waals surface area contributed by atoms with Gasteiger partial charge in [-0.25, -0.2) is 0 Å². The average molecular weight is 389 g/mol. The van der Waals surface area contributed by atoms with E-state index in [1.165, 1.54) is 36.1 Å². The molecule has 23 heavy (non-hydrogen) atoms. The molecule has 0 saturated heterocycles. The van der Waals surface area contributed by atoms with Crippen LogP contribution >= 0.6 is 27.5 Å². The molecule has 0 unspecified atom stereocenters. The fraction of sp³-hybridized carbons (Fsp3) is 0.400. The third kappa shape index (κ3) is 2.11. The van der Waals surface area contributed by atoms with E-state index in [4.69, 9.17) is 11.6 Å². The molecular formula is C20H19BrClN. The van der Waals surface area contributed by atoms with Gasteiger partial charge < -0.3 is 5.32 Å². The first kappa shape index (κ1) is 14.4. The smallest absolute Gasteiger partial charge is 0.0550 e. The number of benzene rings is 2. The predicted octanol–water partition coefficient (Wildman–Crippen LogP) is 6.40.